The van der Waals surface area contributed by atoms with Gasteiger partial charge in [0.1, 0.15) is 12.4 Å². The average Bonchev–Trinajstić information content (AvgIpc) is 3.21. The van der Waals surface area contributed by atoms with Gasteiger partial charge in [0.15, 0.2) is 0 Å². The number of halogens is 1. The van der Waals surface area contributed by atoms with E-state index in [0.717, 1.165) is 36.8 Å². The largest absolute Gasteiger partial charge is 0.489 e. The molecule has 1 fully saturated rings. The summed E-state index contributed by atoms with van der Waals surface area (Å²) in [5, 5.41) is 7.24. The van der Waals surface area contributed by atoms with E-state index in [1.165, 1.54) is 6.21 Å². The smallest absolute Gasteiger partial charge is 0.329 e. The van der Waals surface area contributed by atoms with Crippen LogP contribution in [-0.4, -0.2) is 24.1 Å². The molecule has 3 rings (SSSR count). The Morgan fingerprint density at radius 2 is 1.71 bits per heavy atom. The Hall–Kier alpha value is -2.86. The number of carbonyl (C=O) groups excluding carboxylic acids is 2. The zero-order valence-corrected chi connectivity index (χ0v) is 16.1. The highest BCUT2D eigenvalue weighted by Crippen LogP contribution is 2.17. The molecule has 1 saturated carbocycles. The van der Waals surface area contributed by atoms with Crippen molar-refractivity contribution in [3.05, 3.63) is 64.7 Å². The zero-order valence-electron chi connectivity index (χ0n) is 15.4. The van der Waals surface area contributed by atoms with Gasteiger partial charge in [0.25, 0.3) is 0 Å². The first-order valence-electron chi connectivity index (χ1n) is 9.21. The summed E-state index contributed by atoms with van der Waals surface area (Å²) in [5.74, 6) is -0.687. The average molecular weight is 400 g/mol. The van der Waals surface area contributed by atoms with Gasteiger partial charge in [-0.1, -0.05) is 36.6 Å². The van der Waals surface area contributed by atoms with E-state index in [1.807, 2.05) is 48.5 Å². The van der Waals surface area contributed by atoms with Crippen LogP contribution in [0.3, 0.4) is 0 Å². The maximum absolute atomic E-state index is 11.8. The number of hydrogen-bond acceptors (Lipinski definition) is 4. The van der Waals surface area contributed by atoms with E-state index in [9.17, 15) is 9.59 Å². The lowest BCUT2D eigenvalue weighted by molar-refractivity contribution is -0.139. The van der Waals surface area contributed by atoms with Gasteiger partial charge in [-0.2, -0.15) is 5.10 Å². The van der Waals surface area contributed by atoms with E-state index >= 15 is 0 Å². The number of ether oxygens (including phenoxy) is 1. The van der Waals surface area contributed by atoms with Gasteiger partial charge in [-0.05, 0) is 60.4 Å². The molecule has 0 heterocycles. The van der Waals surface area contributed by atoms with Crippen molar-refractivity contribution in [2.24, 2.45) is 5.10 Å². The van der Waals surface area contributed by atoms with Crippen LogP contribution >= 0.6 is 11.6 Å². The van der Waals surface area contributed by atoms with Gasteiger partial charge in [-0.3, -0.25) is 9.59 Å². The summed E-state index contributed by atoms with van der Waals surface area (Å²) in [6.07, 6.45) is 5.50. The summed E-state index contributed by atoms with van der Waals surface area (Å²) < 4.78 is 5.71. The molecule has 7 heteroatoms. The third-order valence-electron chi connectivity index (χ3n) is 4.48. The molecule has 0 bridgehead atoms. The molecular weight excluding hydrogens is 378 g/mol. The SMILES string of the molecule is O=C(N/N=C/c1ccc(OCc2ccc(Cl)cc2)cc1)C(=O)NC1CCCC1. The first-order chi connectivity index (χ1) is 13.6. The number of carbonyl (C=O) groups is 2. The highest BCUT2D eigenvalue weighted by molar-refractivity contribution is 6.35. The zero-order chi connectivity index (χ0) is 19.8. The van der Waals surface area contributed by atoms with Crippen molar-refractivity contribution in [1.82, 2.24) is 10.7 Å². The normalized spacial score (nSPS) is 14.2. The minimum Gasteiger partial charge on any atom is -0.489 e. The van der Waals surface area contributed by atoms with Gasteiger partial charge < -0.3 is 10.1 Å². The number of amides is 2. The summed E-state index contributed by atoms with van der Waals surface area (Å²) in [5.41, 5.74) is 4.04. The number of hydrazone groups is 1. The summed E-state index contributed by atoms with van der Waals surface area (Å²) >= 11 is 5.86. The fourth-order valence-corrected chi connectivity index (χ4v) is 3.06. The van der Waals surface area contributed by atoms with Crippen molar-refractivity contribution in [3.63, 3.8) is 0 Å². The van der Waals surface area contributed by atoms with Crippen LogP contribution in [0.25, 0.3) is 0 Å². The molecule has 0 atom stereocenters. The Morgan fingerprint density at radius 1 is 1.04 bits per heavy atom. The topological polar surface area (TPSA) is 79.8 Å². The second kappa shape index (κ2) is 9.90. The van der Waals surface area contributed by atoms with Crippen molar-refractivity contribution in [3.8, 4) is 5.75 Å². The van der Waals surface area contributed by atoms with E-state index in [2.05, 4.69) is 15.8 Å². The van der Waals surface area contributed by atoms with Crippen LogP contribution < -0.4 is 15.5 Å². The fraction of sp³-hybridized carbons (Fsp3) is 0.286. The molecule has 146 valence electrons. The van der Waals surface area contributed by atoms with Gasteiger partial charge in [-0.25, -0.2) is 5.43 Å². The third-order valence-corrected chi connectivity index (χ3v) is 4.73. The van der Waals surface area contributed by atoms with Crippen LogP contribution in [0.4, 0.5) is 0 Å². The quantitative estimate of drug-likeness (QED) is 0.443. The second-order valence-corrected chi connectivity index (χ2v) is 7.07. The molecule has 1 aliphatic rings. The maximum atomic E-state index is 11.8. The predicted octanol–water partition coefficient (Wildman–Crippen LogP) is 3.43. The molecule has 0 radical (unpaired) electrons. The molecular formula is C21H22ClN3O3. The summed E-state index contributed by atoms with van der Waals surface area (Å²) in [7, 11) is 0. The Kier molecular flexibility index (Phi) is 7.03. The first-order valence-corrected chi connectivity index (χ1v) is 9.59. The molecule has 2 aromatic carbocycles. The maximum Gasteiger partial charge on any atom is 0.329 e. The van der Waals surface area contributed by atoms with Crippen LogP contribution in [0, 0.1) is 0 Å². The standard InChI is InChI=1S/C21H22ClN3O3/c22-17-9-5-16(6-10-17)14-28-19-11-7-15(8-12-19)13-23-25-21(27)20(26)24-18-3-1-2-4-18/h5-13,18H,1-4,14H2,(H,24,26)(H,25,27)/b23-13+. The van der Waals surface area contributed by atoms with Crippen LogP contribution in [0.1, 0.15) is 36.8 Å². The van der Waals surface area contributed by atoms with E-state index in [4.69, 9.17) is 16.3 Å². The van der Waals surface area contributed by atoms with Crippen LogP contribution in [0.2, 0.25) is 5.02 Å². The highest BCUT2D eigenvalue weighted by Gasteiger charge is 2.20. The van der Waals surface area contributed by atoms with E-state index in [1.54, 1.807) is 0 Å². The van der Waals surface area contributed by atoms with Crippen molar-refractivity contribution in [2.75, 3.05) is 0 Å². The lowest BCUT2D eigenvalue weighted by Crippen LogP contribution is -2.42. The molecule has 0 saturated heterocycles. The Labute approximate surface area is 168 Å². The van der Waals surface area contributed by atoms with Crippen LogP contribution in [0.15, 0.2) is 53.6 Å². The predicted molar refractivity (Wildman–Crippen MR) is 108 cm³/mol. The summed E-state index contributed by atoms with van der Waals surface area (Å²) in [4.78, 5) is 23.5. The number of rotatable bonds is 6. The molecule has 2 amide bonds. The molecule has 0 aliphatic heterocycles. The number of benzene rings is 2. The van der Waals surface area contributed by atoms with Gasteiger partial charge in [0.05, 0.1) is 6.21 Å². The Morgan fingerprint density at radius 3 is 2.39 bits per heavy atom. The molecule has 0 spiro atoms. The molecule has 2 aromatic rings. The van der Waals surface area contributed by atoms with Gasteiger partial charge in [0, 0.05) is 11.1 Å². The number of nitrogens with zero attached hydrogens (tertiary/aromatic N) is 1. The summed E-state index contributed by atoms with van der Waals surface area (Å²) in [6, 6.07) is 14.8. The first kappa shape index (κ1) is 19.9. The number of nitrogens with one attached hydrogen (secondary N) is 2. The minimum absolute atomic E-state index is 0.0997. The van der Waals surface area contributed by atoms with Crippen LogP contribution in [-0.2, 0) is 16.2 Å². The van der Waals surface area contributed by atoms with Crippen molar-refractivity contribution in [1.29, 1.82) is 0 Å². The van der Waals surface area contributed by atoms with Gasteiger partial charge in [0.2, 0.25) is 0 Å². The lowest BCUT2D eigenvalue weighted by atomic mass is 10.2. The minimum atomic E-state index is -0.758. The van der Waals surface area contributed by atoms with Crippen molar-refractivity contribution >= 4 is 29.6 Å². The van der Waals surface area contributed by atoms with E-state index < -0.39 is 11.8 Å². The Balaban J connectivity index is 1.43. The third kappa shape index (κ3) is 6.09. The number of hydrogen-bond donors (Lipinski definition) is 2. The Bertz CT molecular complexity index is 829. The van der Waals surface area contributed by atoms with Gasteiger partial charge in [-0.15, -0.1) is 0 Å². The molecule has 2 N–H and O–H groups in total. The fourth-order valence-electron chi connectivity index (χ4n) is 2.93. The molecule has 0 aromatic heterocycles. The highest BCUT2D eigenvalue weighted by atomic mass is 35.5. The van der Waals surface area contributed by atoms with Crippen LogP contribution in [0.5, 0.6) is 5.75 Å². The molecule has 28 heavy (non-hydrogen) atoms. The summed E-state index contributed by atoms with van der Waals surface area (Å²) in [6.45, 7) is 0.441. The van der Waals surface area contributed by atoms with Crippen molar-refractivity contribution < 1.29 is 14.3 Å². The lowest BCUT2D eigenvalue weighted by Gasteiger charge is -2.10. The molecule has 6 nitrogen and oxygen atoms in total. The second-order valence-electron chi connectivity index (χ2n) is 6.64. The van der Waals surface area contributed by atoms with E-state index in [-0.39, 0.29) is 6.04 Å². The van der Waals surface area contributed by atoms with Gasteiger partial charge >= 0.3 is 11.8 Å². The monoisotopic (exact) mass is 399 g/mol. The van der Waals surface area contributed by atoms with E-state index in [0.29, 0.717) is 17.4 Å². The molecule has 0 unspecified atom stereocenters. The van der Waals surface area contributed by atoms with Crippen molar-refractivity contribution in [2.45, 2.75) is 38.3 Å². The molecule has 1 aliphatic carbocycles.